The predicted octanol–water partition coefficient (Wildman–Crippen LogP) is 3.24. The summed E-state index contributed by atoms with van der Waals surface area (Å²) in [6, 6.07) is 16.1. The highest BCUT2D eigenvalue weighted by Gasteiger charge is 2.16. The molecule has 0 saturated heterocycles. The summed E-state index contributed by atoms with van der Waals surface area (Å²) in [7, 11) is 3.03. The normalized spacial score (nSPS) is 10.7. The average Bonchev–Trinajstić information content (AvgIpc) is 2.74. The molecule has 0 saturated carbocycles. The highest BCUT2D eigenvalue weighted by molar-refractivity contribution is 7.80. The van der Waals surface area contributed by atoms with Crippen molar-refractivity contribution in [2.45, 2.75) is 0 Å². The van der Waals surface area contributed by atoms with Gasteiger partial charge in [-0.3, -0.25) is 5.43 Å². The highest BCUT2D eigenvalue weighted by Crippen LogP contribution is 2.30. The summed E-state index contributed by atoms with van der Waals surface area (Å²) < 4.78 is 16.1. The van der Waals surface area contributed by atoms with Crippen molar-refractivity contribution in [2.24, 2.45) is 10.8 Å². The van der Waals surface area contributed by atoms with Crippen LogP contribution >= 0.6 is 12.2 Å². The molecule has 3 aromatic rings. The van der Waals surface area contributed by atoms with E-state index in [4.69, 9.17) is 32.2 Å². The quantitative estimate of drug-likeness (QED) is 0.212. The van der Waals surface area contributed by atoms with Gasteiger partial charge in [0.05, 0.1) is 26.0 Å². The topological polar surface area (TPSA) is 95.2 Å². The van der Waals surface area contributed by atoms with Crippen molar-refractivity contribution in [2.75, 3.05) is 14.2 Å². The second-order valence-electron chi connectivity index (χ2n) is 5.89. The van der Waals surface area contributed by atoms with Gasteiger partial charge in [-0.1, -0.05) is 30.3 Å². The van der Waals surface area contributed by atoms with Gasteiger partial charge in [0.1, 0.15) is 5.75 Å². The van der Waals surface area contributed by atoms with Crippen LogP contribution in [0.15, 0.2) is 59.7 Å². The monoisotopic (exact) mass is 409 g/mol. The average molecular weight is 409 g/mol. The molecule has 0 aliphatic rings. The summed E-state index contributed by atoms with van der Waals surface area (Å²) in [4.78, 5) is 12.7. The third-order valence-electron chi connectivity index (χ3n) is 4.12. The fourth-order valence-electron chi connectivity index (χ4n) is 2.78. The van der Waals surface area contributed by atoms with Crippen molar-refractivity contribution in [1.29, 1.82) is 0 Å². The fraction of sp³-hybridized carbons (Fsp3) is 0.0952. The summed E-state index contributed by atoms with van der Waals surface area (Å²) >= 11 is 4.76. The van der Waals surface area contributed by atoms with Crippen LogP contribution in [-0.2, 0) is 0 Å². The Labute approximate surface area is 173 Å². The smallest absolute Gasteiger partial charge is 0.343 e. The molecular weight excluding hydrogens is 390 g/mol. The molecule has 0 aliphatic carbocycles. The minimum absolute atomic E-state index is 0.0327. The highest BCUT2D eigenvalue weighted by atomic mass is 32.1. The van der Waals surface area contributed by atoms with Gasteiger partial charge in [0.2, 0.25) is 0 Å². The first-order valence-corrected chi connectivity index (χ1v) is 8.98. The predicted molar refractivity (Wildman–Crippen MR) is 116 cm³/mol. The molecule has 0 atom stereocenters. The van der Waals surface area contributed by atoms with Crippen LogP contribution in [0.5, 0.6) is 17.2 Å². The van der Waals surface area contributed by atoms with Gasteiger partial charge >= 0.3 is 5.97 Å². The maximum atomic E-state index is 12.7. The zero-order chi connectivity index (χ0) is 20.8. The lowest BCUT2D eigenvalue weighted by Crippen LogP contribution is -2.24. The van der Waals surface area contributed by atoms with Crippen LogP contribution < -0.4 is 25.4 Å². The van der Waals surface area contributed by atoms with Crippen molar-refractivity contribution in [3.05, 3.63) is 65.7 Å². The maximum absolute atomic E-state index is 12.7. The van der Waals surface area contributed by atoms with Crippen LogP contribution in [0.4, 0.5) is 0 Å². The number of carbonyl (C=O) groups is 1. The number of rotatable bonds is 6. The molecule has 148 valence electrons. The van der Waals surface area contributed by atoms with E-state index in [2.05, 4.69) is 10.5 Å². The van der Waals surface area contributed by atoms with Crippen molar-refractivity contribution >= 4 is 40.3 Å². The van der Waals surface area contributed by atoms with E-state index in [-0.39, 0.29) is 5.11 Å². The summed E-state index contributed by atoms with van der Waals surface area (Å²) in [6.45, 7) is 0. The van der Waals surface area contributed by atoms with Gasteiger partial charge in [0.25, 0.3) is 0 Å². The summed E-state index contributed by atoms with van der Waals surface area (Å²) in [6.07, 6.45) is 1.51. The maximum Gasteiger partial charge on any atom is 0.343 e. The molecule has 3 aromatic carbocycles. The van der Waals surface area contributed by atoms with E-state index < -0.39 is 5.97 Å². The van der Waals surface area contributed by atoms with E-state index in [1.165, 1.54) is 20.4 Å². The number of hydrazone groups is 1. The van der Waals surface area contributed by atoms with Crippen LogP contribution in [0.25, 0.3) is 10.8 Å². The molecule has 0 bridgehead atoms. The molecule has 0 aliphatic heterocycles. The van der Waals surface area contributed by atoms with Crippen molar-refractivity contribution in [3.8, 4) is 17.2 Å². The number of esters is 1. The number of nitrogens with one attached hydrogen (secondary N) is 1. The second-order valence-corrected chi connectivity index (χ2v) is 6.33. The Morgan fingerprint density at radius 1 is 1.03 bits per heavy atom. The molecule has 0 amide bonds. The van der Waals surface area contributed by atoms with Gasteiger partial charge in [0.15, 0.2) is 16.6 Å². The Morgan fingerprint density at radius 2 is 1.76 bits per heavy atom. The summed E-state index contributed by atoms with van der Waals surface area (Å²) in [5, 5.41) is 5.87. The molecule has 0 unspecified atom stereocenters. The SMILES string of the molecule is COc1ccc(C(=O)Oc2ccc3ccccc3c2/C=N\NC(N)=S)cc1OC. The number of nitrogens with zero attached hydrogens (tertiary/aromatic N) is 1. The first kappa shape index (κ1) is 20.1. The van der Waals surface area contributed by atoms with Crippen LogP contribution in [0, 0.1) is 0 Å². The van der Waals surface area contributed by atoms with Gasteiger partial charge in [-0.15, -0.1) is 0 Å². The summed E-state index contributed by atoms with van der Waals surface area (Å²) in [5.41, 5.74) is 8.85. The zero-order valence-electron chi connectivity index (χ0n) is 15.8. The third kappa shape index (κ3) is 4.61. The van der Waals surface area contributed by atoms with Crippen LogP contribution in [-0.4, -0.2) is 31.5 Å². The molecule has 8 heteroatoms. The van der Waals surface area contributed by atoms with E-state index in [0.717, 1.165) is 10.8 Å². The van der Waals surface area contributed by atoms with Gasteiger partial charge in [0, 0.05) is 5.56 Å². The number of fused-ring (bicyclic) bond motifs is 1. The number of hydrogen-bond acceptors (Lipinski definition) is 6. The molecular formula is C21H19N3O4S. The Hall–Kier alpha value is -3.65. The Balaban J connectivity index is 1.97. The zero-order valence-corrected chi connectivity index (χ0v) is 16.7. The number of thiocarbonyl (C=S) groups is 1. The lowest BCUT2D eigenvalue weighted by molar-refractivity contribution is 0.0734. The molecule has 0 aromatic heterocycles. The molecule has 0 radical (unpaired) electrons. The van der Waals surface area contributed by atoms with E-state index in [0.29, 0.717) is 28.4 Å². The number of benzene rings is 3. The first-order chi connectivity index (χ1) is 14.0. The molecule has 0 heterocycles. The molecule has 3 rings (SSSR count). The molecule has 29 heavy (non-hydrogen) atoms. The molecule has 7 nitrogen and oxygen atoms in total. The fourth-order valence-corrected chi connectivity index (χ4v) is 2.83. The number of methoxy groups -OCH3 is 2. The minimum atomic E-state index is -0.543. The summed E-state index contributed by atoms with van der Waals surface area (Å²) in [5.74, 6) is 0.754. The molecule has 3 N–H and O–H groups in total. The van der Waals surface area contributed by atoms with Crippen LogP contribution in [0.1, 0.15) is 15.9 Å². The number of ether oxygens (including phenoxy) is 3. The standard InChI is InChI=1S/C21H19N3O4S/c1-26-18-10-8-14(11-19(18)27-2)20(25)28-17-9-7-13-5-3-4-6-15(13)16(17)12-23-24-21(22)29/h3-12H,1-2H3,(H3,22,24,29)/b23-12-. The first-order valence-electron chi connectivity index (χ1n) is 8.58. The van der Waals surface area contributed by atoms with Crippen LogP contribution in [0.2, 0.25) is 0 Å². The van der Waals surface area contributed by atoms with Crippen molar-refractivity contribution < 1.29 is 19.0 Å². The van der Waals surface area contributed by atoms with Gasteiger partial charge < -0.3 is 19.9 Å². The molecule has 0 fully saturated rings. The van der Waals surface area contributed by atoms with E-state index in [1.807, 2.05) is 30.3 Å². The van der Waals surface area contributed by atoms with E-state index in [9.17, 15) is 4.79 Å². The largest absolute Gasteiger partial charge is 0.493 e. The third-order valence-corrected chi connectivity index (χ3v) is 4.21. The van der Waals surface area contributed by atoms with Gasteiger partial charge in [-0.25, -0.2) is 4.79 Å². The number of hydrogen-bond donors (Lipinski definition) is 2. The lowest BCUT2D eigenvalue weighted by atomic mass is 10.0. The lowest BCUT2D eigenvalue weighted by Gasteiger charge is -2.12. The Morgan fingerprint density at radius 3 is 2.48 bits per heavy atom. The van der Waals surface area contributed by atoms with E-state index >= 15 is 0 Å². The van der Waals surface area contributed by atoms with Gasteiger partial charge in [-0.05, 0) is 47.3 Å². The Kier molecular flexibility index (Phi) is 6.25. The Bertz CT molecular complexity index is 1100. The molecule has 0 spiro atoms. The van der Waals surface area contributed by atoms with Crippen LogP contribution in [0.3, 0.4) is 0 Å². The van der Waals surface area contributed by atoms with Gasteiger partial charge in [-0.2, -0.15) is 5.10 Å². The van der Waals surface area contributed by atoms with Crippen molar-refractivity contribution in [1.82, 2.24) is 5.43 Å². The second kappa shape index (κ2) is 9.03. The van der Waals surface area contributed by atoms with Crippen molar-refractivity contribution in [3.63, 3.8) is 0 Å². The number of carbonyl (C=O) groups excluding carboxylic acids is 1. The number of nitrogens with two attached hydrogens (primary N) is 1. The minimum Gasteiger partial charge on any atom is -0.493 e. The van der Waals surface area contributed by atoms with E-state index in [1.54, 1.807) is 24.3 Å².